The molecule has 0 aliphatic rings. The van der Waals surface area contributed by atoms with Gasteiger partial charge in [0.2, 0.25) is 0 Å². The Labute approximate surface area is 172 Å². The van der Waals surface area contributed by atoms with E-state index < -0.39 is 0 Å². The first-order valence-electron chi connectivity index (χ1n) is 9.31. The van der Waals surface area contributed by atoms with Gasteiger partial charge in [0, 0.05) is 6.04 Å². The molecule has 0 saturated heterocycles. The van der Waals surface area contributed by atoms with Crippen LogP contribution in [0.1, 0.15) is 30.9 Å². The Morgan fingerprint density at radius 3 is 1.86 bits per heavy atom. The zero-order chi connectivity index (χ0) is 18.9. The van der Waals surface area contributed by atoms with Gasteiger partial charge in [-0.05, 0) is 61.3 Å². The highest BCUT2D eigenvalue weighted by molar-refractivity contribution is 5.85. The Morgan fingerprint density at radius 2 is 1.29 bits per heavy atom. The first-order valence-corrected chi connectivity index (χ1v) is 9.31. The highest BCUT2D eigenvalue weighted by atomic mass is 35.5. The fraction of sp³-hybridized carbons (Fsp3) is 0.217. The number of benzene rings is 3. The molecule has 0 spiro atoms. The van der Waals surface area contributed by atoms with Crippen molar-refractivity contribution >= 4 is 12.4 Å². The number of hydrogen-bond donors (Lipinski definition) is 2. The Balaban J connectivity index is 0.00000280. The quantitative estimate of drug-likeness (QED) is 0.445. The van der Waals surface area contributed by atoms with Crippen molar-refractivity contribution in [2.75, 3.05) is 6.54 Å². The van der Waals surface area contributed by atoms with Gasteiger partial charge in [-0.3, -0.25) is 0 Å². The molecule has 3 rings (SSSR count). The summed E-state index contributed by atoms with van der Waals surface area (Å²) >= 11 is 0. The second-order valence-electron chi connectivity index (χ2n) is 6.43. The van der Waals surface area contributed by atoms with Gasteiger partial charge in [0.25, 0.3) is 0 Å². The van der Waals surface area contributed by atoms with E-state index in [4.69, 9.17) is 20.9 Å². The minimum Gasteiger partial charge on any atom is -0.453 e. The minimum atomic E-state index is -0.0551. The van der Waals surface area contributed by atoms with E-state index in [2.05, 4.69) is 0 Å². The van der Waals surface area contributed by atoms with Crippen LogP contribution in [0.2, 0.25) is 0 Å². The van der Waals surface area contributed by atoms with Crippen molar-refractivity contribution in [2.24, 2.45) is 11.5 Å². The zero-order valence-electron chi connectivity index (χ0n) is 15.8. The smallest absolute Gasteiger partial charge is 0.170 e. The SMILES string of the molecule is Cl.NCCCC[C@@H](N)c1ccc(Oc2ccccc2)c(Oc2ccccc2)c1. The van der Waals surface area contributed by atoms with Gasteiger partial charge in [0.15, 0.2) is 11.5 Å². The van der Waals surface area contributed by atoms with Crippen LogP contribution in [0.5, 0.6) is 23.0 Å². The third-order valence-electron chi connectivity index (χ3n) is 4.31. The van der Waals surface area contributed by atoms with Crippen molar-refractivity contribution in [1.29, 1.82) is 0 Å². The van der Waals surface area contributed by atoms with E-state index in [0.29, 0.717) is 18.0 Å². The van der Waals surface area contributed by atoms with Crippen LogP contribution >= 0.6 is 12.4 Å². The predicted octanol–water partition coefficient (Wildman–Crippen LogP) is 5.82. The second-order valence-corrected chi connectivity index (χ2v) is 6.43. The molecule has 0 aromatic heterocycles. The predicted molar refractivity (Wildman–Crippen MR) is 117 cm³/mol. The second kappa shape index (κ2) is 11.3. The van der Waals surface area contributed by atoms with Gasteiger partial charge in [0.1, 0.15) is 11.5 Å². The summed E-state index contributed by atoms with van der Waals surface area (Å²) in [5.41, 5.74) is 13.0. The Bertz CT molecular complexity index is 829. The fourth-order valence-corrected chi connectivity index (χ4v) is 2.83. The number of rotatable bonds is 9. The molecule has 0 heterocycles. The standard InChI is InChI=1S/C23H26N2O2.ClH/c24-16-8-7-13-21(25)18-14-15-22(26-19-9-3-1-4-10-19)23(17-18)27-20-11-5-2-6-12-20;/h1-6,9-12,14-15,17,21H,7-8,13,16,24-25H2;1H/t21-;/m1./s1. The van der Waals surface area contributed by atoms with Crippen LogP contribution in [-0.4, -0.2) is 6.54 Å². The zero-order valence-corrected chi connectivity index (χ0v) is 16.6. The molecule has 28 heavy (non-hydrogen) atoms. The molecule has 5 heteroatoms. The molecule has 4 nitrogen and oxygen atoms in total. The van der Waals surface area contributed by atoms with Crippen LogP contribution in [-0.2, 0) is 0 Å². The molecule has 3 aromatic rings. The van der Waals surface area contributed by atoms with Crippen molar-refractivity contribution in [3.63, 3.8) is 0 Å². The van der Waals surface area contributed by atoms with E-state index in [0.717, 1.165) is 36.3 Å². The third-order valence-corrected chi connectivity index (χ3v) is 4.31. The van der Waals surface area contributed by atoms with E-state index in [1.807, 2.05) is 78.9 Å². The lowest BCUT2D eigenvalue weighted by atomic mass is 10.0. The number of ether oxygens (including phenoxy) is 2. The maximum Gasteiger partial charge on any atom is 0.170 e. The first-order chi connectivity index (χ1) is 13.3. The van der Waals surface area contributed by atoms with Gasteiger partial charge >= 0.3 is 0 Å². The molecule has 0 bridgehead atoms. The molecular formula is C23H27ClN2O2. The topological polar surface area (TPSA) is 70.5 Å². The van der Waals surface area contributed by atoms with E-state index in [-0.39, 0.29) is 18.4 Å². The average molecular weight is 399 g/mol. The van der Waals surface area contributed by atoms with Crippen LogP contribution in [0.4, 0.5) is 0 Å². The number of hydrogen-bond acceptors (Lipinski definition) is 4. The summed E-state index contributed by atoms with van der Waals surface area (Å²) in [6, 6.07) is 25.2. The number of nitrogens with two attached hydrogens (primary N) is 2. The largest absolute Gasteiger partial charge is 0.453 e. The Kier molecular flexibility index (Phi) is 8.82. The van der Waals surface area contributed by atoms with Crippen molar-refractivity contribution in [3.8, 4) is 23.0 Å². The first kappa shape index (κ1) is 21.8. The Hall–Kier alpha value is -2.53. The van der Waals surface area contributed by atoms with Crippen LogP contribution in [0.15, 0.2) is 78.9 Å². The highest BCUT2D eigenvalue weighted by Crippen LogP contribution is 2.37. The summed E-state index contributed by atoms with van der Waals surface area (Å²) in [5, 5.41) is 0. The highest BCUT2D eigenvalue weighted by Gasteiger charge is 2.13. The molecule has 1 atom stereocenters. The van der Waals surface area contributed by atoms with Gasteiger partial charge in [-0.25, -0.2) is 0 Å². The Morgan fingerprint density at radius 1 is 0.714 bits per heavy atom. The number of halogens is 1. The third kappa shape index (κ3) is 6.27. The molecule has 0 fully saturated rings. The summed E-state index contributed by atoms with van der Waals surface area (Å²) in [4.78, 5) is 0. The lowest BCUT2D eigenvalue weighted by Gasteiger charge is -2.17. The minimum absolute atomic E-state index is 0. The van der Waals surface area contributed by atoms with Gasteiger partial charge in [-0.15, -0.1) is 12.4 Å². The summed E-state index contributed by atoms with van der Waals surface area (Å²) < 4.78 is 12.1. The van der Waals surface area contributed by atoms with Crippen LogP contribution in [0.25, 0.3) is 0 Å². The number of unbranched alkanes of at least 4 members (excludes halogenated alkanes) is 1. The van der Waals surface area contributed by atoms with Crippen LogP contribution < -0.4 is 20.9 Å². The molecule has 0 saturated carbocycles. The van der Waals surface area contributed by atoms with Crippen molar-refractivity contribution in [1.82, 2.24) is 0 Å². The molecular weight excluding hydrogens is 372 g/mol. The van der Waals surface area contributed by atoms with Gasteiger partial charge in [0.05, 0.1) is 0 Å². The lowest BCUT2D eigenvalue weighted by molar-refractivity contribution is 0.417. The maximum absolute atomic E-state index is 6.36. The maximum atomic E-state index is 6.36. The van der Waals surface area contributed by atoms with Crippen LogP contribution in [0, 0.1) is 0 Å². The molecule has 148 valence electrons. The summed E-state index contributed by atoms with van der Waals surface area (Å²) in [6.07, 6.45) is 2.88. The van der Waals surface area contributed by atoms with Crippen molar-refractivity contribution in [2.45, 2.75) is 25.3 Å². The molecule has 3 aromatic carbocycles. The molecule has 0 radical (unpaired) electrons. The normalized spacial score (nSPS) is 11.4. The molecule has 4 N–H and O–H groups in total. The summed E-state index contributed by atoms with van der Waals surface area (Å²) in [5.74, 6) is 2.82. The molecule has 0 unspecified atom stereocenters. The lowest BCUT2D eigenvalue weighted by Crippen LogP contribution is -2.11. The summed E-state index contributed by atoms with van der Waals surface area (Å²) in [6.45, 7) is 0.693. The summed E-state index contributed by atoms with van der Waals surface area (Å²) in [7, 11) is 0. The molecule has 0 aliphatic heterocycles. The van der Waals surface area contributed by atoms with Crippen molar-refractivity contribution in [3.05, 3.63) is 84.4 Å². The van der Waals surface area contributed by atoms with E-state index in [1.54, 1.807) is 0 Å². The van der Waals surface area contributed by atoms with E-state index in [1.165, 1.54) is 0 Å². The monoisotopic (exact) mass is 398 g/mol. The number of para-hydroxylation sites is 2. The molecule has 0 aliphatic carbocycles. The average Bonchev–Trinajstić information content (AvgIpc) is 2.71. The van der Waals surface area contributed by atoms with Crippen LogP contribution in [0.3, 0.4) is 0 Å². The van der Waals surface area contributed by atoms with Gasteiger partial charge in [-0.1, -0.05) is 48.9 Å². The molecule has 0 amide bonds. The van der Waals surface area contributed by atoms with Gasteiger partial charge < -0.3 is 20.9 Å². The fourth-order valence-electron chi connectivity index (χ4n) is 2.83. The van der Waals surface area contributed by atoms with Crippen molar-refractivity contribution < 1.29 is 9.47 Å². The van der Waals surface area contributed by atoms with E-state index >= 15 is 0 Å². The van der Waals surface area contributed by atoms with E-state index in [9.17, 15) is 0 Å². The van der Waals surface area contributed by atoms with Gasteiger partial charge in [-0.2, -0.15) is 0 Å².